The first-order valence-electron chi connectivity index (χ1n) is 5.99. The molecule has 90 valence electrons. The number of fused-ring (bicyclic) bond motifs is 1. The smallest absolute Gasteiger partial charge is 0.264 e. The highest BCUT2D eigenvalue weighted by atomic mass is 16.1. The Bertz CT molecular complexity index is 593. The number of hydrogen-bond donors (Lipinski definition) is 2. The zero-order valence-corrected chi connectivity index (χ0v) is 9.52. The van der Waals surface area contributed by atoms with Gasteiger partial charge in [0.1, 0.15) is 11.2 Å². The summed E-state index contributed by atoms with van der Waals surface area (Å²) < 4.78 is 1.78. The average Bonchev–Trinajstić information content (AvgIpc) is 2.69. The van der Waals surface area contributed by atoms with Crippen molar-refractivity contribution in [3.8, 4) is 0 Å². The van der Waals surface area contributed by atoms with Gasteiger partial charge in [-0.1, -0.05) is 19.3 Å². The summed E-state index contributed by atoms with van der Waals surface area (Å²) in [6.07, 6.45) is 7.19. The quantitative estimate of drug-likeness (QED) is 0.774. The minimum Gasteiger partial charge on any atom is -0.383 e. The predicted molar refractivity (Wildman–Crippen MR) is 64.7 cm³/mol. The highest BCUT2D eigenvalue weighted by Gasteiger charge is 2.21. The molecular formula is C11H15N5O. The van der Waals surface area contributed by atoms with Crippen LogP contribution in [-0.2, 0) is 0 Å². The first kappa shape index (κ1) is 10.3. The van der Waals surface area contributed by atoms with Crippen molar-refractivity contribution in [1.29, 1.82) is 0 Å². The van der Waals surface area contributed by atoms with E-state index in [9.17, 15) is 4.79 Å². The molecule has 6 nitrogen and oxygen atoms in total. The van der Waals surface area contributed by atoms with E-state index in [1.54, 1.807) is 4.68 Å². The van der Waals surface area contributed by atoms with Gasteiger partial charge in [0.05, 0.1) is 12.4 Å². The molecule has 1 aliphatic carbocycles. The highest BCUT2D eigenvalue weighted by molar-refractivity contribution is 5.85. The van der Waals surface area contributed by atoms with Gasteiger partial charge in [-0.05, 0) is 12.8 Å². The number of hydrogen-bond acceptors (Lipinski definition) is 4. The predicted octanol–water partition coefficient (Wildman–Crippen LogP) is 1.21. The standard InChI is InChI=1S/C11H15N5O/c12-9-8-10(13-6-14-11(8)17)15-16(9)7-4-2-1-3-5-7/h6-7H,1-5,12H2,(H,13,14,15,17). The molecule has 0 bridgehead atoms. The molecule has 6 heteroatoms. The van der Waals surface area contributed by atoms with Crippen molar-refractivity contribution in [3.05, 3.63) is 16.7 Å². The van der Waals surface area contributed by atoms with Gasteiger partial charge in [-0.25, -0.2) is 9.67 Å². The normalized spacial score (nSPS) is 17.6. The molecule has 0 spiro atoms. The molecule has 17 heavy (non-hydrogen) atoms. The zero-order valence-electron chi connectivity index (χ0n) is 9.52. The van der Waals surface area contributed by atoms with E-state index < -0.39 is 0 Å². The van der Waals surface area contributed by atoms with Gasteiger partial charge in [0.25, 0.3) is 5.56 Å². The lowest BCUT2D eigenvalue weighted by atomic mass is 9.96. The lowest BCUT2D eigenvalue weighted by Crippen LogP contribution is -2.16. The molecule has 0 aliphatic heterocycles. The second-order valence-electron chi connectivity index (χ2n) is 4.55. The summed E-state index contributed by atoms with van der Waals surface area (Å²) in [6, 6.07) is 0.317. The number of nitrogens with zero attached hydrogens (tertiary/aromatic N) is 3. The van der Waals surface area contributed by atoms with Crippen LogP contribution in [0, 0.1) is 0 Å². The van der Waals surface area contributed by atoms with E-state index in [1.165, 1.54) is 25.6 Å². The fraction of sp³-hybridized carbons (Fsp3) is 0.545. The Labute approximate surface area is 97.8 Å². The Balaban J connectivity index is 2.14. The molecule has 3 rings (SSSR count). The molecule has 2 aromatic heterocycles. The van der Waals surface area contributed by atoms with E-state index in [-0.39, 0.29) is 5.56 Å². The Morgan fingerprint density at radius 3 is 2.82 bits per heavy atom. The van der Waals surface area contributed by atoms with Crippen molar-refractivity contribution in [3.63, 3.8) is 0 Å². The van der Waals surface area contributed by atoms with Crippen LogP contribution in [0.3, 0.4) is 0 Å². The second kappa shape index (κ2) is 3.87. The molecule has 0 unspecified atom stereocenters. The number of aromatic nitrogens is 4. The topological polar surface area (TPSA) is 89.6 Å². The van der Waals surface area contributed by atoms with Crippen molar-refractivity contribution in [1.82, 2.24) is 19.7 Å². The van der Waals surface area contributed by atoms with Crippen molar-refractivity contribution in [2.45, 2.75) is 38.1 Å². The van der Waals surface area contributed by atoms with Crippen LogP contribution in [0.5, 0.6) is 0 Å². The maximum absolute atomic E-state index is 11.7. The Morgan fingerprint density at radius 1 is 1.35 bits per heavy atom. The van der Waals surface area contributed by atoms with Crippen molar-refractivity contribution < 1.29 is 0 Å². The number of nitrogens with two attached hydrogens (primary N) is 1. The van der Waals surface area contributed by atoms with Gasteiger partial charge < -0.3 is 10.7 Å². The van der Waals surface area contributed by atoms with Crippen LogP contribution in [-0.4, -0.2) is 19.7 Å². The summed E-state index contributed by atoms with van der Waals surface area (Å²) in [5.41, 5.74) is 6.24. The Morgan fingerprint density at radius 2 is 2.12 bits per heavy atom. The molecule has 0 atom stereocenters. The van der Waals surface area contributed by atoms with Crippen LogP contribution in [0.25, 0.3) is 11.0 Å². The van der Waals surface area contributed by atoms with E-state index >= 15 is 0 Å². The van der Waals surface area contributed by atoms with E-state index in [4.69, 9.17) is 5.73 Å². The second-order valence-corrected chi connectivity index (χ2v) is 4.55. The fourth-order valence-electron chi connectivity index (χ4n) is 2.57. The molecule has 1 aliphatic rings. The van der Waals surface area contributed by atoms with Crippen LogP contribution in [0.15, 0.2) is 11.1 Å². The van der Waals surface area contributed by atoms with Crippen LogP contribution in [0.2, 0.25) is 0 Å². The molecule has 1 fully saturated rings. The van der Waals surface area contributed by atoms with Crippen LogP contribution < -0.4 is 11.3 Å². The van der Waals surface area contributed by atoms with Gasteiger partial charge in [0, 0.05) is 0 Å². The molecule has 0 aromatic carbocycles. The molecule has 0 amide bonds. The van der Waals surface area contributed by atoms with Gasteiger partial charge >= 0.3 is 0 Å². The van der Waals surface area contributed by atoms with Crippen LogP contribution >= 0.6 is 0 Å². The molecule has 0 saturated heterocycles. The van der Waals surface area contributed by atoms with Gasteiger partial charge in [-0.2, -0.15) is 0 Å². The van der Waals surface area contributed by atoms with Gasteiger partial charge in [0.2, 0.25) is 0 Å². The average molecular weight is 233 g/mol. The number of nitrogens with one attached hydrogen (secondary N) is 1. The monoisotopic (exact) mass is 233 g/mol. The molecule has 0 radical (unpaired) electrons. The van der Waals surface area contributed by atoms with Crippen LogP contribution in [0.1, 0.15) is 38.1 Å². The minimum absolute atomic E-state index is 0.213. The summed E-state index contributed by atoms with van der Waals surface area (Å²) in [7, 11) is 0. The fourth-order valence-corrected chi connectivity index (χ4v) is 2.57. The summed E-state index contributed by atoms with van der Waals surface area (Å²) in [4.78, 5) is 18.2. The summed E-state index contributed by atoms with van der Waals surface area (Å²) >= 11 is 0. The third-order valence-corrected chi connectivity index (χ3v) is 3.46. The first-order valence-corrected chi connectivity index (χ1v) is 5.99. The molecule has 2 aromatic rings. The van der Waals surface area contributed by atoms with Gasteiger partial charge in [-0.3, -0.25) is 4.79 Å². The SMILES string of the molecule is Nc1c2c(=O)[nH]cnc2nn1C1CCCCC1. The number of rotatable bonds is 1. The summed E-state index contributed by atoms with van der Waals surface area (Å²) in [6.45, 7) is 0. The van der Waals surface area contributed by atoms with E-state index in [0.717, 1.165) is 12.8 Å². The Kier molecular flexibility index (Phi) is 2.35. The largest absolute Gasteiger partial charge is 0.383 e. The molecule has 3 N–H and O–H groups in total. The van der Waals surface area contributed by atoms with Gasteiger partial charge in [-0.15, -0.1) is 5.10 Å². The number of nitrogen functional groups attached to an aromatic ring is 1. The van der Waals surface area contributed by atoms with Crippen molar-refractivity contribution in [2.24, 2.45) is 0 Å². The summed E-state index contributed by atoms with van der Waals surface area (Å²) in [5.74, 6) is 0.446. The van der Waals surface area contributed by atoms with E-state index in [1.807, 2.05) is 0 Å². The van der Waals surface area contributed by atoms with Crippen molar-refractivity contribution >= 4 is 16.9 Å². The van der Waals surface area contributed by atoms with Crippen molar-refractivity contribution in [2.75, 3.05) is 5.73 Å². The van der Waals surface area contributed by atoms with Crippen LogP contribution in [0.4, 0.5) is 5.82 Å². The third-order valence-electron chi connectivity index (χ3n) is 3.46. The van der Waals surface area contributed by atoms with E-state index in [2.05, 4.69) is 15.1 Å². The lowest BCUT2D eigenvalue weighted by Gasteiger charge is -2.22. The Hall–Kier alpha value is -1.85. The molecule has 1 saturated carbocycles. The highest BCUT2D eigenvalue weighted by Crippen LogP contribution is 2.30. The maximum atomic E-state index is 11.7. The number of H-pyrrole nitrogens is 1. The minimum atomic E-state index is -0.213. The van der Waals surface area contributed by atoms with Gasteiger partial charge in [0.15, 0.2) is 5.65 Å². The zero-order chi connectivity index (χ0) is 11.8. The number of aromatic amines is 1. The first-order chi connectivity index (χ1) is 8.27. The summed E-state index contributed by atoms with van der Waals surface area (Å²) in [5, 5.41) is 4.77. The lowest BCUT2D eigenvalue weighted by molar-refractivity contribution is 0.334. The maximum Gasteiger partial charge on any atom is 0.264 e. The molecular weight excluding hydrogens is 218 g/mol. The van der Waals surface area contributed by atoms with E-state index in [0.29, 0.717) is 22.9 Å². The third kappa shape index (κ3) is 1.60. The molecule has 2 heterocycles. The number of anilines is 1.